The van der Waals surface area contributed by atoms with E-state index in [0.717, 1.165) is 17.9 Å². The van der Waals surface area contributed by atoms with Crippen molar-refractivity contribution in [3.05, 3.63) is 17.3 Å². The maximum absolute atomic E-state index is 10.4. The van der Waals surface area contributed by atoms with Crippen LogP contribution < -0.4 is 0 Å². The summed E-state index contributed by atoms with van der Waals surface area (Å²) in [5.74, 6) is 0.670. The van der Waals surface area contributed by atoms with Gasteiger partial charge in [0.25, 0.3) is 0 Å². The highest BCUT2D eigenvalue weighted by atomic mass is 16.4. The van der Waals surface area contributed by atoms with Crippen LogP contribution in [0, 0.1) is 12.8 Å². The zero-order valence-corrected chi connectivity index (χ0v) is 8.70. The maximum Gasteiger partial charge on any atom is 0.312 e. The van der Waals surface area contributed by atoms with Gasteiger partial charge >= 0.3 is 5.97 Å². The van der Waals surface area contributed by atoms with Crippen molar-refractivity contribution in [1.82, 2.24) is 4.98 Å². The molecule has 0 amide bonds. The Balaban J connectivity index is 2.76. The first kappa shape index (κ1) is 10.8. The molecule has 78 valence electrons. The van der Waals surface area contributed by atoms with Crippen molar-refractivity contribution in [2.24, 2.45) is 5.92 Å². The van der Waals surface area contributed by atoms with E-state index in [0.29, 0.717) is 11.8 Å². The molecule has 1 rings (SSSR count). The zero-order chi connectivity index (χ0) is 10.7. The summed E-state index contributed by atoms with van der Waals surface area (Å²) in [6.07, 6.45) is 0.664. The molecule has 0 aliphatic rings. The molecule has 4 nitrogen and oxygen atoms in total. The van der Waals surface area contributed by atoms with Gasteiger partial charge in [0.1, 0.15) is 12.2 Å². The van der Waals surface area contributed by atoms with Gasteiger partial charge in [0.2, 0.25) is 5.89 Å². The number of nitrogens with zero attached hydrogens (tertiary/aromatic N) is 1. The molecule has 0 aliphatic carbocycles. The van der Waals surface area contributed by atoms with E-state index >= 15 is 0 Å². The number of carboxylic acids is 1. The number of carboxylic acid groups (broad SMARTS) is 1. The molecule has 1 aromatic heterocycles. The van der Waals surface area contributed by atoms with Gasteiger partial charge in [-0.15, -0.1) is 0 Å². The van der Waals surface area contributed by atoms with Crippen LogP contribution in [0.4, 0.5) is 0 Å². The standard InChI is InChI=1S/C10H15NO3/c1-6(2)4-8-7(3)11-9(14-8)5-10(12)13/h6H,4-5H2,1-3H3,(H,12,13). The second-order valence-corrected chi connectivity index (χ2v) is 3.78. The number of rotatable bonds is 4. The second kappa shape index (κ2) is 4.26. The van der Waals surface area contributed by atoms with Crippen LogP contribution in [0.15, 0.2) is 4.42 Å². The van der Waals surface area contributed by atoms with Crippen LogP contribution in [-0.2, 0) is 17.6 Å². The maximum atomic E-state index is 10.4. The summed E-state index contributed by atoms with van der Waals surface area (Å²) < 4.78 is 5.34. The Kier molecular flexibility index (Phi) is 3.28. The van der Waals surface area contributed by atoms with Crippen LogP contribution in [0.1, 0.15) is 31.2 Å². The fourth-order valence-electron chi connectivity index (χ4n) is 1.25. The van der Waals surface area contributed by atoms with Crippen LogP contribution in [0.25, 0.3) is 0 Å². The van der Waals surface area contributed by atoms with Crippen LogP contribution in [0.2, 0.25) is 0 Å². The Labute approximate surface area is 83.0 Å². The van der Waals surface area contributed by atoms with Crippen molar-refractivity contribution in [3.63, 3.8) is 0 Å². The van der Waals surface area contributed by atoms with Crippen molar-refractivity contribution in [2.45, 2.75) is 33.6 Å². The lowest BCUT2D eigenvalue weighted by Crippen LogP contribution is -1.99. The molecule has 1 aromatic rings. The van der Waals surface area contributed by atoms with Gasteiger partial charge in [0.05, 0.1) is 5.69 Å². The number of hydrogen-bond acceptors (Lipinski definition) is 3. The number of oxazole rings is 1. The minimum absolute atomic E-state index is 0.140. The topological polar surface area (TPSA) is 63.3 Å². The van der Waals surface area contributed by atoms with Gasteiger partial charge in [-0.2, -0.15) is 0 Å². The summed E-state index contributed by atoms with van der Waals surface area (Å²) in [6, 6.07) is 0. The molecule has 1 N–H and O–H groups in total. The molecule has 0 saturated heterocycles. The predicted octanol–water partition coefficient (Wildman–Crippen LogP) is 1.81. The third-order valence-corrected chi connectivity index (χ3v) is 1.83. The third kappa shape index (κ3) is 2.87. The molecule has 4 heteroatoms. The number of carbonyl (C=O) groups is 1. The van der Waals surface area contributed by atoms with Gasteiger partial charge in [-0.25, -0.2) is 4.98 Å². The van der Waals surface area contributed by atoms with E-state index in [1.807, 2.05) is 6.92 Å². The number of aryl methyl sites for hydroxylation is 1. The normalized spacial score (nSPS) is 10.9. The predicted molar refractivity (Wildman–Crippen MR) is 51.1 cm³/mol. The van der Waals surface area contributed by atoms with Gasteiger partial charge < -0.3 is 9.52 Å². The Morgan fingerprint density at radius 3 is 2.71 bits per heavy atom. The Bertz CT molecular complexity index is 328. The minimum atomic E-state index is -0.914. The summed E-state index contributed by atoms with van der Waals surface area (Å²) >= 11 is 0. The smallest absolute Gasteiger partial charge is 0.312 e. The van der Waals surface area contributed by atoms with Gasteiger partial charge in [0, 0.05) is 6.42 Å². The van der Waals surface area contributed by atoms with Crippen molar-refractivity contribution < 1.29 is 14.3 Å². The molecule has 1 heterocycles. The first-order chi connectivity index (χ1) is 6.49. The molecule has 0 saturated carbocycles. The summed E-state index contributed by atoms with van der Waals surface area (Å²) in [7, 11) is 0. The highest BCUT2D eigenvalue weighted by Gasteiger charge is 2.12. The molecule has 0 spiro atoms. The fraction of sp³-hybridized carbons (Fsp3) is 0.600. The fourth-order valence-corrected chi connectivity index (χ4v) is 1.25. The van der Waals surface area contributed by atoms with Crippen LogP contribution >= 0.6 is 0 Å². The van der Waals surface area contributed by atoms with E-state index in [9.17, 15) is 4.79 Å². The SMILES string of the molecule is Cc1nc(CC(=O)O)oc1CC(C)C. The molecule has 0 atom stereocenters. The number of hydrogen-bond donors (Lipinski definition) is 1. The summed E-state index contributed by atoms with van der Waals surface area (Å²) in [6.45, 7) is 6.00. The monoisotopic (exact) mass is 197 g/mol. The molecule has 0 radical (unpaired) electrons. The Hall–Kier alpha value is -1.32. The lowest BCUT2D eigenvalue weighted by atomic mass is 10.1. The molecule has 0 fully saturated rings. The van der Waals surface area contributed by atoms with E-state index < -0.39 is 5.97 Å². The van der Waals surface area contributed by atoms with Gasteiger partial charge in [-0.05, 0) is 12.8 Å². The van der Waals surface area contributed by atoms with E-state index in [4.69, 9.17) is 9.52 Å². The molecular formula is C10H15NO3. The van der Waals surface area contributed by atoms with Crippen molar-refractivity contribution in [3.8, 4) is 0 Å². The van der Waals surface area contributed by atoms with Crippen LogP contribution in [0.3, 0.4) is 0 Å². The lowest BCUT2D eigenvalue weighted by molar-refractivity contribution is -0.136. The average molecular weight is 197 g/mol. The minimum Gasteiger partial charge on any atom is -0.481 e. The first-order valence-electron chi connectivity index (χ1n) is 4.66. The number of aromatic nitrogens is 1. The summed E-state index contributed by atoms with van der Waals surface area (Å²) in [5.41, 5.74) is 0.801. The number of aliphatic carboxylic acids is 1. The van der Waals surface area contributed by atoms with Crippen molar-refractivity contribution in [2.75, 3.05) is 0 Å². The molecular weight excluding hydrogens is 182 g/mol. The van der Waals surface area contributed by atoms with Crippen LogP contribution in [-0.4, -0.2) is 16.1 Å². The quantitative estimate of drug-likeness (QED) is 0.799. The van der Waals surface area contributed by atoms with E-state index in [-0.39, 0.29) is 6.42 Å². The molecule has 0 aromatic carbocycles. The Morgan fingerprint density at radius 2 is 2.21 bits per heavy atom. The van der Waals surface area contributed by atoms with E-state index in [1.165, 1.54) is 0 Å². The third-order valence-electron chi connectivity index (χ3n) is 1.83. The molecule has 14 heavy (non-hydrogen) atoms. The lowest BCUT2D eigenvalue weighted by Gasteiger charge is -2.00. The summed E-state index contributed by atoms with van der Waals surface area (Å²) in [5, 5.41) is 8.55. The van der Waals surface area contributed by atoms with Gasteiger partial charge in [-0.3, -0.25) is 4.79 Å². The summed E-state index contributed by atoms with van der Waals surface area (Å²) in [4.78, 5) is 14.5. The largest absolute Gasteiger partial charge is 0.481 e. The highest BCUT2D eigenvalue weighted by Crippen LogP contribution is 2.15. The second-order valence-electron chi connectivity index (χ2n) is 3.78. The van der Waals surface area contributed by atoms with Crippen molar-refractivity contribution >= 4 is 5.97 Å². The molecule has 0 bridgehead atoms. The average Bonchev–Trinajstić information content (AvgIpc) is 2.28. The highest BCUT2D eigenvalue weighted by molar-refractivity contribution is 5.68. The van der Waals surface area contributed by atoms with Crippen LogP contribution in [0.5, 0.6) is 0 Å². The Morgan fingerprint density at radius 1 is 1.57 bits per heavy atom. The van der Waals surface area contributed by atoms with E-state index in [1.54, 1.807) is 0 Å². The van der Waals surface area contributed by atoms with E-state index in [2.05, 4.69) is 18.8 Å². The molecule has 0 unspecified atom stereocenters. The van der Waals surface area contributed by atoms with Crippen molar-refractivity contribution in [1.29, 1.82) is 0 Å². The first-order valence-corrected chi connectivity index (χ1v) is 4.66. The zero-order valence-electron chi connectivity index (χ0n) is 8.70. The van der Waals surface area contributed by atoms with Gasteiger partial charge in [0.15, 0.2) is 0 Å². The molecule has 0 aliphatic heterocycles. The van der Waals surface area contributed by atoms with Gasteiger partial charge in [-0.1, -0.05) is 13.8 Å².